The predicted molar refractivity (Wildman–Crippen MR) is 75.2 cm³/mol. The Kier molecular flexibility index (Phi) is 3.22. The average molecular weight is 281 g/mol. The van der Waals surface area contributed by atoms with Crippen LogP contribution in [-0.2, 0) is 4.79 Å². The minimum absolute atomic E-state index is 0.0997. The molecule has 0 saturated heterocycles. The smallest absolute Gasteiger partial charge is 0.229 e. The third-order valence-corrected chi connectivity index (χ3v) is 4.57. The maximum Gasteiger partial charge on any atom is 0.229 e. The predicted octanol–water partition coefficient (Wildman–Crippen LogP) is 4.08. The Morgan fingerprint density at radius 2 is 2.17 bits per heavy atom. The van der Waals surface area contributed by atoms with Gasteiger partial charge in [-0.25, -0.2) is 4.98 Å². The zero-order chi connectivity index (χ0) is 12.5. The summed E-state index contributed by atoms with van der Waals surface area (Å²) in [6, 6.07) is 5.67. The fourth-order valence-electron chi connectivity index (χ4n) is 2.36. The van der Waals surface area contributed by atoms with E-state index in [1.54, 1.807) is 0 Å². The van der Waals surface area contributed by atoms with Gasteiger partial charge >= 0.3 is 0 Å². The number of carbonyl (C=O) groups excluding carboxylic acids is 1. The first-order valence-corrected chi connectivity index (χ1v) is 7.29. The highest BCUT2D eigenvalue weighted by Crippen LogP contribution is 2.32. The summed E-state index contributed by atoms with van der Waals surface area (Å²) >= 11 is 7.54. The van der Waals surface area contributed by atoms with E-state index in [2.05, 4.69) is 10.3 Å². The van der Waals surface area contributed by atoms with E-state index in [-0.39, 0.29) is 11.8 Å². The van der Waals surface area contributed by atoms with Gasteiger partial charge in [-0.15, -0.1) is 0 Å². The number of nitrogens with one attached hydrogen (secondary N) is 1. The molecule has 0 unspecified atom stereocenters. The quantitative estimate of drug-likeness (QED) is 0.901. The molecule has 1 aromatic heterocycles. The molecule has 0 radical (unpaired) electrons. The first-order valence-electron chi connectivity index (χ1n) is 6.10. The van der Waals surface area contributed by atoms with Gasteiger partial charge in [0, 0.05) is 5.92 Å². The summed E-state index contributed by atoms with van der Waals surface area (Å²) in [5.74, 6) is 0.259. The van der Waals surface area contributed by atoms with Gasteiger partial charge < -0.3 is 5.32 Å². The second-order valence-electron chi connectivity index (χ2n) is 4.58. The lowest BCUT2D eigenvalue weighted by molar-refractivity contribution is -0.119. The van der Waals surface area contributed by atoms with Gasteiger partial charge in [0.15, 0.2) is 5.13 Å². The Morgan fingerprint density at radius 3 is 2.89 bits per heavy atom. The van der Waals surface area contributed by atoms with Crippen molar-refractivity contribution in [3.63, 3.8) is 0 Å². The molecule has 1 aliphatic carbocycles. The van der Waals surface area contributed by atoms with E-state index in [1.165, 1.54) is 11.3 Å². The van der Waals surface area contributed by atoms with Crippen LogP contribution in [0.25, 0.3) is 10.2 Å². The number of thiazole rings is 1. The van der Waals surface area contributed by atoms with Crippen LogP contribution in [0.3, 0.4) is 0 Å². The van der Waals surface area contributed by atoms with Crippen molar-refractivity contribution in [3.05, 3.63) is 23.2 Å². The van der Waals surface area contributed by atoms with Crippen LogP contribution in [0.2, 0.25) is 5.02 Å². The minimum Gasteiger partial charge on any atom is -0.302 e. The molecule has 18 heavy (non-hydrogen) atoms. The number of nitrogens with zero attached hydrogens (tertiary/aromatic N) is 1. The molecule has 1 N–H and O–H groups in total. The number of hydrogen-bond acceptors (Lipinski definition) is 3. The Balaban J connectivity index is 1.82. The number of benzene rings is 1. The van der Waals surface area contributed by atoms with E-state index in [1.807, 2.05) is 18.2 Å². The largest absolute Gasteiger partial charge is 0.302 e. The van der Waals surface area contributed by atoms with Crippen molar-refractivity contribution in [1.82, 2.24) is 4.98 Å². The number of rotatable bonds is 2. The topological polar surface area (TPSA) is 42.0 Å². The molecule has 1 aromatic carbocycles. The highest BCUT2D eigenvalue weighted by Gasteiger charge is 2.23. The van der Waals surface area contributed by atoms with Crippen molar-refractivity contribution >= 4 is 44.2 Å². The lowest BCUT2D eigenvalue weighted by atomic mass is 10.1. The Hall–Kier alpha value is -1.13. The summed E-state index contributed by atoms with van der Waals surface area (Å²) in [5, 5.41) is 4.19. The summed E-state index contributed by atoms with van der Waals surface area (Å²) in [6.45, 7) is 0. The zero-order valence-corrected chi connectivity index (χ0v) is 11.4. The first kappa shape index (κ1) is 11.9. The van der Waals surface area contributed by atoms with Gasteiger partial charge in [0.25, 0.3) is 0 Å². The maximum atomic E-state index is 12.0. The monoisotopic (exact) mass is 280 g/mol. The molecule has 1 heterocycles. The standard InChI is InChI=1S/C13H13ClN2OS/c14-9-6-3-7-10-11(9)15-13(18-10)16-12(17)8-4-1-2-5-8/h3,6-8H,1-2,4-5H2,(H,15,16,17). The Labute approximate surface area is 114 Å². The normalized spacial score (nSPS) is 16.3. The molecule has 1 saturated carbocycles. The summed E-state index contributed by atoms with van der Waals surface area (Å²) < 4.78 is 1.00. The van der Waals surface area contributed by atoms with Crippen LogP contribution in [0, 0.1) is 5.92 Å². The van der Waals surface area contributed by atoms with Gasteiger partial charge in [0.2, 0.25) is 5.91 Å². The van der Waals surface area contributed by atoms with Crippen LogP contribution in [0.5, 0.6) is 0 Å². The number of para-hydroxylation sites is 1. The number of carbonyl (C=O) groups is 1. The fourth-order valence-corrected chi connectivity index (χ4v) is 3.53. The molecular weight excluding hydrogens is 268 g/mol. The first-order chi connectivity index (χ1) is 8.74. The number of hydrogen-bond donors (Lipinski definition) is 1. The van der Waals surface area contributed by atoms with Crippen LogP contribution in [-0.4, -0.2) is 10.9 Å². The zero-order valence-electron chi connectivity index (χ0n) is 9.78. The molecule has 0 spiro atoms. The van der Waals surface area contributed by atoms with Gasteiger partial charge in [0.05, 0.1) is 9.72 Å². The molecule has 5 heteroatoms. The molecule has 0 bridgehead atoms. The Morgan fingerprint density at radius 1 is 1.39 bits per heavy atom. The van der Waals surface area contributed by atoms with Crippen LogP contribution >= 0.6 is 22.9 Å². The molecule has 3 rings (SSSR count). The van der Waals surface area contributed by atoms with Gasteiger partial charge in [0.1, 0.15) is 5.52 Å². The van der Waals surface area contributed by atoms with Gasteiger partial charge in [-0.3, -0.25) is 4.79 Å². The number of fused-ring (bicyclic) bond motifs is 1. The molecule has 1 amide bonds. The third-order valence-electron chi connectivity index (χ3n) is 3.33. The van der Waals surface area contributed by atoms with E-state index >= 15 is 0 Å². The van der Waals surface area contributed by atoms with Crippen molar-refractivity contribution in [2.75, 3.05) is 5.32 Å². The van der Waals surface area contributed by atoms with Gasteiger partial charge in [-0.2, -0.15) is 0 Å². The summed E-state index contributed by atoms with van der Waals surface area (Å²) in [5.41, 5.74) is 0.769. The molecular formula is C13H13ClN2OS. The molecule has 0 aliphatic heterocycles. The van der Waals surface area contributed by atoms with Crippen LogP contribution < -0.4 is 5.32 Å². The minimum atomic E-state index is 0.0997. The second kappa shape index (κ2) is 4.86. The number of aromatic nitrogens is 1. The van der Waals surface area contributed by atoms with Crippen molar-refractivity contribution in [3.8, 4) is 0 Å². The maximum absolute atomic E-state index is 12.0. The van der Waals surface area contributed by atoms with Gasteiger partial charge in [-0.1, -0.05) is 41.8 Å². The molecule has 0 atom stereocenters. The lowest BCUT2D eigenvalue weighted by Crippen LogP contribution is -2.20. The number of halogens is 1. The van der Waals surface area contributed by atoms with Crippen molar-refractivity contribution in [2.45, 2.75) is 25.7 Å². The summed E-state index contributed by atoms with van der Waals surface area (Å²) in [4.78, 5) is 16.4. The van der Waals surface area contributed by atoms with E-state index in [4.69, 9.17) is 11.6 Å². The van der Waals surface area contributed by atoms with E-state index < -0.39 is 0 Å². The van der Waals surface area contributed by atoms with E-state index in [9.17, 15) is 4.79 Å². The number of anilines is 1. The fraction of sp³-hybridized carbons (Fsp3) is 0.385. The summed E-state index contributed by atoms with van der Waals surface area (Å²) in [6.07, 6.45) is 4.31. The number of amides is 1. The Bertz CT molecular complexity index is 590. The van der Waals surface area contributed by atoms with Crippen LogP contribution in [0.1, 0.15) is 25.7 Å². The molecule has 1 fully saturated rings. The lowest BCUT2D eigenvalue weighted by Gasteiger charge is -2.07. The molecule has 3 nitrogen and oxygen atoms in total. The van der Waals surface area contributed by atoms with Crippen LogP contribution in [0.4, 0.5) is 5.13 Å². The average Bonchev–Trinajstić information content (AvgIpc) is 2.97. The van der Waals surface area contributed by atoms with Crippen molar-refractivity contribution < 1.29 is 4.79 Å². The highest BCUT2D eigenvalue weighted by atomic mass is 35.5. The van der Waals surface area contributed by atoms with Gasteiger partial charge in [-0.05, 0) is 25.0 Å². The molecule has 1 aliphatic rings. The second-order valence-corrected chi connectivity index (χ2v) is 6.01. The van der Waals surface area contributed by atoms with Crippen molar-refractivity contribution in [2.24, 2.45) is 5.92 Å². The molecule has 2 aromatic rings. The summed E-state index contributed by atoms with van der Waals surface area (Å²) in [7, 11) is 0. The van der Waals surface area contributed by atoms with Crippen LogP contribution in [0.15, 0.2) is 18.2 Å². The third kappa shape index (κ3) is 2.22. The molecule has 94 valence electrons. The SMILES string of the molecule is O=C(Nc1nc2c(Cl)cccc2s1)C1CCCC1. The highest BCUT2D eigenvalue weighted by molar-refractivity contribution is 7.22. The van der Waals surface area contributed by atoms with Crippen molar-refractivity contribution in [1.29, 1.82) is 0 Å². The van der Waals surface area contributed by atoms with E-state index in [0.717, 1.165) is 35.9 Å². The van der Waals surface area contributed by atoms with E-state index in [0.29, 0.717) is 10.2 Å².